The Labute approximate surface area is 101 Å². The van der Waals surface area contributed by atoms with E-state index >= 15 is 0 Å². The Morgan fingerprint density at radius 2 is 2.28 bits per heavy atom. The molecule has 0 saturated carbocycles. The van der Waals surface area contributed by atoms with Gasteiger partial charge < -0.3 is 14.5 Å². The minimum absolute atomic E-state index is 0.253. The Morgan fingerprint density at radius 1 is 1.56 bits per heavy atom. The summed E-state index contributed by atoms with van der Waals surface area (Å²) in [7, 11) is 0. The van der Waals surface area contributed by atoms with Crippen LogP contribution >= 0.6 is 0 Å². The standard InChI is InChI=1S/C10H10N2O6/c1-2-5-11-8(13)6-17-10(14)7-3-4-9(18-7)12(15)16/h2-4H,1,5-6H2,(H,11,13). The molecule has 1 aromatic rings. The highest BCUT2D eigenvalue weighted by Gasteiger charge is 2.19. The van der Waals surface area contributed by atoms with E-state index in [4.69, 9.17) is 0 Å². The average molecular weight is 254 g/mol. The highest BCUT2D eigenvalue weighted by molar-refractivity contribution is 5.89. The van der Waals surface area contributed by atoms with Crippen LogP contribution in [0.1, 0.15) is 10.6 Å². The van der Waals surface area contributed by atoms with E-state index < -0.39 is 29.3 Å². The second-order valence-electron chi connectivity index (χ2n) is 3.06. The molecule has 0 radical (unpaired) electrons. The van der Waals surface area contributed by atoms with Gasteiger partial charge in [-0.15, -0.1) is 6.58 Å². The number of hydrogen-bond donors (Lipinski definition) is 1. The van der Waals surface area contributed by atoms with Gasteiger partial charge in [0.1, 0.15) is 4.92 Å². The minimum atomic E-state index is -0.947. The Balaban J connectivity index is 2.47. The Morgan fingerprint density at radius 3 is 2.83 bits per heavy atom. The van der Waals surface area contributed by atoms with E-state index in [2.05, 4.69) is 21.0 Å². The predicted molar refractivity (Wildman–Crippen MR) is 58.9 cm³/mol. The highest BCUT2D eigenvalue weighted by atomic mass is 16.7. The Kier molecular flexibility index (Phi) is 4.61. The topological polar surface area (TPSA) is 112 Å². The molecular formula is C10H10N2O6. The average Bonchev–Trinajstić information content (AvgIpc) is 2.83. The molecule has 8 heteroatoms. The lowest BCUT2D eigenvalue weighted by Crippen LogP contribution is -2.28. The van der Waals surface area contributed by atoms with Crippen LogP contribution in [-0.2, 0) is 9.53 Å². The summed E-state index contributed by atoms with van der Waals surface area (Å²) in [6.45, 7) is 3.15. The second-order valence-corrected chi connectivity index (χ2v) is 3.06. The first-order chi connectivity index (χ1) is 8.54. The lowest BCUT2D eigenvalue weighted by Gasteiger charge is -2.02. The van der Waals surface area contributed by atoms with Crippen molar-refractivity contribution >= 4 is 17.8 Å². The largest absolute Gasteiger partial charge is 0.450 e. The van der Waals surface area contributed by atoms with Gasteiger partial charge in [-0.3, -0.25) is 14.9 Å². The van der Waals surface area contributed by atoms with E-state index in [1.54, 1.807) is 0 Å². The highest BCUT2D eigenvalue weighted by Crippen LogP contribution is 2.16. The molecule has 1 rings (SSSR count). The van der Waals surface area contributed by atoms with Crippen LogP contribution in [0.3, 0.4) is 0 Å². The fourth-order valence-corrected chi connectivity index (χ4v) is 0.975. The molecular weight excluding hydrogens is 244 g/mol. The van der Waals surface area contributed by atoms with Crippen molar-refractivity contribution in [2.75, 3.05) is 13.2 Å². The number of rotatable bonds is 6. The maximum atomic E-state index is 11.3. The third kappa shape index (κ3) is 3.74. The SMILES string of the molecule is C=CCNC(=O)COC(=O)c1ccc([N+](=O)[O-])o1. The van der Waals surface area contributed by atoms with Crippen molar-refractivity contribution < 1.29 is 23.7 Å². The minimum Gasteiger partial charge on any atom is -0.450 e. The lowest BCUT2D eigenvalue weighted by molar-refractivity contribution is -0.402. The molecule has 96 valence electrons. The summed E-state index contributed by atoms with van der Waals surface area (Å²) in [5.41, 5.74) is 0. The predicted octanol–water partition coefficient (Wildman–Crippen LogP) is 0.647. The van der Waals surface area contributed by atoms with Crippen LogP contribution in [0.15, 0.2) is 29.2 Å². The third-order valence-corrected chi connectivity index (χ3v) is 1.75. The summed E-state index contributed by atoms with van der Waals surface area (Å²) in [6.07, 6.45) is 1.47. The fourth-order valence-electron chi connectivity index (χ4n) is 0.975. The molecule has 0 aliphatic carbocycles. The number of nitrogens with one attached hydrogen (secondary N) is 1. The van der Waals surface area contributed by atoms with Crippen LogP contribution in [0.2, 0.25) is 0 Å². The smallest absolute Gasteiger partial charge is 0.433 e. The van der Waals surface area contributed by atoms with Crippen molar-refractivity contribution in [2.24, 2.45) is 0 Å². The molecule has 0 bridgehead atoms. The number of carbonyl (C=O) groups excluding carboxylic acids is 2. The molecule has 0 atom stereocenters. The van der Waals surface area contributed by atoms with Gasteiger partial charge in [-0.25, -0.2) is 4.79 Å². The molecule has 0 fully saturated rings. The van der Waals surface area contributed by atoms with Gasteiger partial charge in [0.15, 0.2) is 6.61 Å². The molecule has 0 aliphatic heterocycles. The second kappa shape index (κ2) is 6.18. The summed E-state index contributed by atoms with van der Waals surface area (Å²) in [5.74, 6) is -2.36. The number of nitro groups is 1. The maximum absolute atomic E-state index is 11.3. The molecule has 8 nitrogen and oxygen atoms in total. The van der Waals surface area contributed by atoms with Gasteiger partial charge in [-0.05, 0) is 6.07 Å². The first-order valence-electron chi connectivity index (χ1n) is 4.83. The summed E-state index contributed by atoms with van der Waals surface area (Å²) in [6, 6.07) is 2.12. The van der Waals surface area contributed by atoms with Crippen LogP contribution in [0.25, 0.3) is 0 Å². The van der Waals surface area contributed by atoms with Gasteiger partial charge in [-0.2, -0.15) is 0 Å². The zero-order valence-electron chi connectivity index (χ0n) is 9.25. The van der Waals surface area contributed by atoms with Crippen LogP contribution < -0.4 is 5.32 Å². The van der Waals surface area contributed by atoms with E-state index in [0.717, 1.165) is 12.1 Å². The van der Waals surface area contributed by atoms with Crippen LogP contribution in [0, 0.1) is 10.1 Å². The summed E-state index contributed by atoms with van der Waals surface area (Å²) in [4.78, 5) is 31.9. The lowest BCUT2D eigenvalue weighted by atomic mass is 10.4. The third-order valence-electron chi connectivity index (χ3n) is 1.75. The summed E-state index contributed by atoms with van der Waals surface area (Å²) >= 11 is 0. The number of ether oxygens (including phenoxy) is 1. The molecule has 1 amide bonds. The molecule has 0 saturated heterocycles. The van der Waals surface area contributed by atoms with E-state index in [9.17, 15) is 19.7 Å². The van der Waals surface area contributed by atoms with Crippen molar-refractivity contribution in [1.29, 1.82) is 0 Å². The molecule has 0 aromatic carbocycles. The van der Waals surface area contributed by atoms with Gasteiger partial charge in [-0.1, -0.05) is 6.08 Å². The molecule has 0 spiro atoms. The van der Waals surface area contributed by atoms with Crippen molar-refractivity contribution in [3.8, 4) is 0 Å². The van der Waals surface area contributed by atoms with E-state index in [1.165, 1.54) is 6.08 Å². The van der Waals surface area contributed by atoms with Gasteiger partial charge >= 0.3 is 11.9 Å². The summed E-state index contributed by atoms with van der Waals surface area (Å²) in [5, 5.41) is 12.7. The number of amides is 1. The zero-order valence-corrected chi connectivity index (χ0v) is 9.25. The number of hydrogen-bond acceptors (Lipinski definition) is 6. The number of esters is 1. The van der Waals surface area contributed by atoms with Crippen molar-refractivity contribution in [3.05, 3.63) is 40.7 Å². The molecule has 0 aliphatic rings. The van der Waals surface area contributed by atoms with Crippen molar-refractivity contribution in [2.45, 2.75) is 0 Å². The number of nitrogens with zero attached hydrogens (tertiary/aromatic N) is 1. The number of carbonyl (C=O) groups is 2. The van der Waals surface area contributed by atoms with Crippen LogP contribution in [-0.4, -0.2) is 30.0 Å². The summed E-state index contributed by atoms with van der Waals surface area (Å²) < 4.78 is 9.18. The monoisotopic (exact) mass is 254 g/mol. The Bertz CT molecular complexity index is 478. The van der Waals surface area contributed by atoms with Gasteiger partial charge in [0.05, 0.1) is 6.07 Å². The van der Waals surface area contributed by atoms with Crippen LogP contribution in [0.4, 0.5) is 5.88 Å². The van der Waals surface area contributed by atoms with Gasteiger partial charge in [0.25, 0.3) is 5.91 Å². The fraction of sp³-hybridized carbons (Fsp3) is 0.200. The van der Waals surface area contributed by atoms with E-state index in [-0.39, 0.29) is 12.3 Å². The first-order valence-corrected chi connectivity index (χ1v) is 4.83. The van der Waals surface area contributed by atoms with Crippen LogP contribution in [0.5, 0.6) is 0 Å². The molecule has 1 N–H and O–H groups in total. The molecule has 1 heterocycles. The molecule has 0 unspecified atom stereocenters. The zero-order chi connectivity index (χ0) is 13.5. The van der Waals surface area contributed by atoms with Crippen molar-refractivity contribution in [3.63, 3.8) is 0 Å². The molecule has 1 aromatic heterocycles. The van der Waals surface area contributed by atoms with Gasteiger partial charge in [0, 0.05) is 6.54 Å². The van der Waals surface area contributed by atoms with Crippen molar-refractivity contribution in [1.82, 2.24) is 5.32 Å². The molecule has 18 heavy (non-hydrogen) atoms. The van der Waals surface area contributed by atoms with E-state index in [1.807, 2.05) is 0 Å². The number of furan rings is 1. The van der Waals surface area contributed by atoms with Gasteiger partial charge in [0.2, 0.25) is 5.76 Å². The normalized spacial score (nSPS) is 9.56. The maximum Gasteiger partial charge on any atom is 0.433 e. The first kappa shape index (κ1) is 13.4. The quantitative estimate of drug-likeness (QED) is 0.345. The van der Waals surface area contributed by atoms with E-state index in [0.29, 0.717) is 0 Å². The Hall–Kier alpha value is -2.64.